The second-order valence-electron chi connectivity index (χ2n) is 7.01. The van der Waals surface area contributed by atoms with Crippen molar-refractivity contribution in [2.45, 2.75) is 36.6 Å². The maximum absolute atomic E-state index is 12.4. The van der Waals surface area contributed by atoms with Gasteiger partial charge in [-0.3, -0.25) is 4.79 Å². The molecule has 4 rings (SSSR count). The number of aryl methyl sites for hydroxylation is 1. The zero-order valence-corrected chi connectivity index (χ0v) is 18.4. The van der Waals surface area contributed by atoms with Crippen LogP contribution in [-0.2, 0) is 17.6 Å². The molecule has 0 atom stereocenters. The summed E-state index contributed by atoms with van der Waals surface area (Å²) in [4.78, 5) is 22.2. The number of carbonyl (C=O) groups is 1. The van der Waals surface area contributed by atoms with Gasteiger partial charge in [0.15, 0.2) is 0 Å². The molecule has 0 fully saturated rings. The molecule has 2 aromatic carbocycles. The first-order valence-electron chi connectivity index (χ1n) is 9.97. The zero-order chi connectivity index (χ0) is 21.8. The summed E-state index contributed by atoms with van der Waals surface area (Å²) in [6.07, 6.45) is 2.68. The highest BCUT2D eigenvalue weighted by molar-refractivity contribution is 7.99. The maximum Gasteiger partial charge on any atom is 0.253 e. The Morgan fingerprint density at radius 1 is 1.13 bits per heavy atom. The van der Waals surface area contributed by atoms with Crippen LogP contribution in [0.1, 0.15) is 23.7 Å². The summed E-state index contributed by atoms with van der Waals surface area (Å²) in [6.45, 7) is 4.11. The van der Waals surface area contributed by atoms with E-state index in [1.807, 2.05) is 55.5 Å². The van der Waals surface area contributed by atoms with Gasteiger partial charge in [0.2, 0.25) is 5.91 Å². The molecule has 0 bridgehead atoms. The first kappa shape index (κ1) is 20.9. The minimum Gasteiger partial charge on any atom is -0.497 e. The highest BCUT2D eigenvalue weighted by atomic mass is 32.2. The Labute approximate surface area is 184 Å². The number of methoxy groups -OCH3 is 1. The highest BCUT2D eigenvalue weighted by Gasteiger charge is 2.14. The van der Waals surface area contributed by atoms with E-state index in [4.69, 9.17) is 4.74 Å². The summed E-state index contributed by atoms with van der Waals surface area (Å²) in [7, 11) is 1.62. The number of amides is 1. The molecule has 0 saturated heterocycles. The van der Waals surface area contributed by atoms with Gasteiger partial charge in [-0.2, -0.15) is 14.6 Å². The van der Waals surface area contributed by atoms with E-state index in [1.165, 1.54) is 6.33 Å². The Balaban J connectivity index is 1.46. The van der Waals surface area contributed by atoms with Crippen LogP contribution >= 0.6 is 11.8 Å². The lowest BCUT2D eigenvalue weighted by Gasteiger charge is -2.12. The van der Waals surface area contributed by atoms with Crippen molar-refractivity contribution in [3.8, 4) is 5.75 Å². The predicted octanol–water partition coefficient (Wildman–Crippen LogP) is 4.34. The molecular formula is C23H23N5O2S. The van der Waals surface area contributed by atoms with Crippen LogP contribution in [0.2, 0.25) is 0 Å². The Bertz CT molecular complexity index is 1200. The summed E-state index contributed by atoms with van der Waals surface area (Å²) >= 11 is 1.62. The molecule has 0 aliphatic carbocycles. The zero-order valence-electron chi connectivity index (χ0n) is 17.6. The number of anilines is 1. The van der Waals surface area contributed by atoms with Gasteiger partial charge < -0.3 is 10.1 Å². The number of benzene rings is 2. The molecule has 4 aromatic rings. The van der Waals surface area contributed by atoms with Gasteiger partial charge in [0.25, 0.3) is 5.78 Å². The third kappa shape index (κ3) is 4.69. The van der Waals surface area contributed by atoms with E-state index in [0.717, 1.165) is 44.6 Å². The molecule has 0 saturated carbocycles. The van der Waals surface area contributed by atoms with Gasteiger partial charge >= 0.3 is 0 Å². The van der Waals surface area contributed by atoms with E-state index in [9.17, 15) is 4.79 Å². The second-order valence-corrected chi connectivity index (χ2v) is 8.07. The monoisotopic (exact) mass is 433 g/mol. The Hall–Kier alpha value is -3.39. The largest absolute Gasteiger partial charge is 0.497 e. The topological polar surface area (TPSA) is 81.4 Å². The van der Waals surface area contributed by atoms with E-state index in [1.54, 1.807) is 23.4 Å². The third-order valence-electron chi connectivity index (χ3n) is 4.91. The van der Waals surface area contributed by atoms with E-state index in [0.29, 0.717) is 12.2 Å². The second kappa shape index (κ2) is 9.18. The number of fused-ring (bicyclic) bond motifs is 1. The number of hydrogen-bond acceptors (Lipinski definition) is 6. The molecule has 2 aromatic heterocycles. The first-order valence-corrected chi connectivity index (χ1v) is 10.8. The fourth-order valence-corrected chi connectivity index (χ4v) is 4.44. The van der Waals surface area contributed by atoms with Crippen molar-refractivity contribution in [2.75, 3.05) is 12.4 Å². The van der Waals surface area contributed by atoms with Gasteiger partial charge in [-0.05, 0) is 55.3 Å². The van der Waals surface area contributed by atoms with Crippen molar-refractivity contribution in [1.29, 1.82) is 0 Å². The molecule has 158 valence electrons. The van der Waals surface area contributed by atoms with Gasteiger partial charge in [-0.1, -0.05) is 30.8 Å². The molecule has 0 unspecified atom stereocenters. The van der Waals surface area contributed by atoms with Crippen molar-refractivity contribution in [1.82, 2.24) is 19.6 Å². The van der Waals surface area contributed by atoms with Crippen molar-refractivity contribution < 1.29 is 9.53 Å². The van der Waals surface area contributed by atoms with Crippen LogP contribution in [0.5, 0.6) is 5.75 Å². The molecule has 0 aliphatic heterocycles. The number of hydrogen-bond donors (Lipinski definition) is 1. The smallest absolute Gasteiger partial charge is 0.253 e. The number of aromatic nitrogens is 4. The van der Waals surface area contributed by atoms with E-state index >= 15 is 0 Å². The van der Waals surface area contributed by atoms with Gasteiger partial charge in [-0.25, -0.2) is 4.98 Å². The Kier molecular flexibility index (Phi) is 6.18. The number of nitrogens with one attached hydrogen (secondary N) is 1. The minimum absolute atomic E-state index is 0.0621. The molecule has 7 nitrogen and oxygen atoms in total. The Morgan fingerprint density at radius 2 is 1.87 bits per heavy atom. The molecule has 0 aliphatic rings. The average Bonchev–Trinajstić information content (AvgIpc) is 3.24. The Morgan fingerprint density at radius 3 is 2.55 bits per heavy atom. The maximum atomic E-state index is 12.4. The molecule has 8 heteroatoms. The van der Waals surface area contributed by atoms with Gasteiger partial charge in [0.05, 0.1) is 13.5 Å². The molecule has 1 amide bonds. The van der Waals surface area contributed by atoms with Crippen LogP contribution < -0.4 is 10.1 Å². The van der Waals surface area contributed by atoms with Gasteiger partial charge in [-0.15, -0.1) is 0 Å². The molecule has 0 spiro atoms. The van der Waals surface area contributed by atoms with Crippen molar-refractivity contribution in [2.24, 2.45) is 0 Å². The van der Waals surface area contributed by atoms with Crippen LogP contribution in [0.3, 0.4) is 0 Å². The first-order chi connectivity index (χ1) is 15.1. The lowest BCUT2D eigenvalue weighted by Crippen LogP contribution is -2.14. The lowest BCUT2D eigenvalue weighted by atomic mass is 10.1. The number of ether oxygens (including phenoxy) is 1. The van der Waals surface area contributed by atoms with Crippen molar-refractivity contribution in [3.63, 3.8) is 0 Å². The third-order valence-corrected chi connectivity index (χ3v) is 6.04. The molecule has 2 heterocycles. The summed E-state index contributed by atoms with van der Waals surface area (Å²) in [5.74, 6) is 1.31. The van der Waals surface area contributed by atoms with Crippen LogP contribution in [-0.4, -0.2) is 32.6 Å². The number of nitrogens with zero attached hydrogens (tertiary/aromatic N) is 4. The predicted molar refractivity (Wildman–Crippen MR) is 121 cm³/mol. The highest BCUT2D eigenvalue weighted by Crippen LogP contribution is 2.32. The molecular weight excluding hydrogens is 410 g/mol. The SMILES string of the molecule is CCc1c(C)nc2ncnn2c1Sc1ccc(NC(=O)Cc2ccc(OC)cc2)cc1. The van der Waals surface area contributed by atoms with Crippen molar-refractivity contribution in [3.05, 3.63) is 71.7 Å². The summed E-state index contributed by atoms with van der Waals surface area (Å²) < 4.78 is 6.93. The summed E-state index contributed by atoms with van der Waals surface area (Å²) in [5, 5.41) is 8.29. The van der Waals surface area contributed by atoms with Crippen LogP contribution in [0.25, 0.3) is 5.78 Å². The number of rotatable bonds is 7. The lowest BCUT2D eigenvalue weighted by molar-refractivity contribution is -0.115. The van der Waals surface area contributed by atoms with Gasteiger partial charge in [0, 0.05) is 21.8 Å². The summed E-state index contributed by atoms with van der Waals surface area (Å²) in [6, 6.07) is 15.3. The van der Waals surface area contributed by atoms with Crippen LogP contribution in [0.4, 0.5) is 5.69 Å². The standard InChI is InChI=1S/C23H23N5O2S/c1-4-20-15(2)26-23-24-14-25-28(23)22(20)31-19-11-7-17(8-12-19)27-21(29)13-16-5-9-18(30-3)10-6-16/h5-12,14H,4,13H2,1-3H3,(H,27,29). The summed E-state index contributed by atoms with van der Waals surface area (Å²) in [5.41, 5.74) is 3.81. The van der Waals surface area contributed by atoms with E-state index in [2.05, 4.69) is 27.3 Å². The van der Waals surface area contributed by atoms with E-state index in [-0.39, 0.29) is 5.91 Å². The van der Waals surface area contributed by atoms with Crippen LogP contribution in [0, 0.1) is 6.92 Å². The van der Waals surface area contributed by atoms with E-state index < -0.39 is 0 Å². The number of carbonyl (C=O) groups excluding carboxylic acids is 1. The minimum atomic E-state index is -0.0621. The fraction of sp³-hybridized carbons (Fsp3) is 0.217. The fourth-order valence-electron chi connectivity index (χ4n) is 3.32. The van der Waals surface area contributed by atoms with Crippen LogP contribution in [0.15, 0.2) is 64.8 Å². The quantitative estimate of drug-likeness (QED) is 0.437. The van der Waals surface area contributed by atoms with Gasteiger partial charge in [0.1, 0.15) is 17.1 Å². The average molecular weight is 434 g/mol. The normalized spacial score (nSPS) is 10.9. The van der Waals surface area contributed by atoms with Crippen molar-refractivity contribution >= 4 is 29.1 Å². The molecule has 31 heavy (non-hydrogen) atoms. The molecule has 1 N–H and O–H groups in total. The molecule has 0 radical (unpaired) electrons.